The average Bonchev–Trinajstić information content (AvgIpc) is 2.71. The average molecular weight is 185 g/mol. The van der Waals surface area contributed by atoms with E-state index >= 15 is 0 Å². The van der Waals surface area contributed by atoms with Crippen molar-refractivity contribution in [1.29, 1.82) is 0 Å². The lowest BCUT2D eigenvalue weighted by Crippen LogP contribution is -2.18. The van der Waals surface area contributed by atoms with Gasteiger partial charge in [-0.1, -0.05) is 18.1 Å². The predicted octanol–water partition coefficient (Wildman–Crippen LogP) is 2.26. The first-order chi connectivity index (χ1) is 6.88. The zero-order valence-corrected chi connectivity index (χ0v) is 8.37. The summed E-state index contributed by atoms with van der Waals surface area (Å²) >= 11 is 0. The maximum atomic E-state index is 5.36. The fourth-order valence-electron chi connectivity index (χ4n) is 1.96. The lowest BCUT2D eigenvalue weighted by Gasteiger charge is -2.14. The van der Waals surface area contributed by atoms with Crippen LogP contribution in [0, 0.1) is 12.3 Å². The summed E-state index contributed by atoms with van der Waals surface area (Å²) in [5.74, 6) is 2.67. The third kappa shape index (κ3) is 2.16. The number of terminal acetylenes is 1. The fraction of sp³-hybridized carbons (Fsp3) is 0.385. The Morgan fingerprint density at radius 3 is 2.79 bits per heavy atom. The van der Waals surface area contributed by atoms with Crippen LogP contribution in [0.4, 0.5) is 0 Å². The number of likely N-dealkylation sites (tertiary alicyclic amines) is 1. The third-order valence-corrected chi connectivity index (χ3v) is 2.70. The molecule has 1 heterocycles. The Bertz CT molecular complexity index is 342. The highest BCUT2D eigenvalue weighted by Crippen LogP contribution is 2.13. The second-order valence-electron chi connectivity index (χ2n) is 3.83. The van der Waals surface area contributed by atoms with Crippen LogP contribution in [0.2, 0.25) is 0 Å². The van der Waals surface area contributed by atoms with E-state index in [-0.39, 0.29) is 0 Å². The highest BCUT2D eigenvalue weighted by atomic mass is 15.1. The maximum absolute atomic E-state index is 5.36. The molecule has 1 aliphatic heterocycles. The third-order valence-electron chi connectivity index (χ3n) is 2.70. The topological polar surface area (TPSA) is 3.24 Å². The highest BCUT2D eigenvalue weighted by Gasteiger charge is 2.11. The smallest absolute Gasteiger partial charge is 0.0245 e. The number of hydrogen-bond acceptors (Lipinski definition) is 1. The van der Waals surface area contributed by atoms with Gasteiger partial charge in [0.05, 0.1) is 0 Å². The second-order valence-corrected chi connectivity index (χ2v) is 3.83. The van der Waals surface area contributed by atoms with Crippen LogP contribution in [0.3, 0.4) is 0 Å². The van der Waals surface area contributed by atoms with Gasteiger partial charge in [-0.15, -0.1) is 6.42 Å². The molecule has 72 valence electrons. The van der Waals surface area contributed by atoms with Crippen LogP contribution < -0.4 is 0 Å². The SMILES string of the molecule is C#Cc1cccc(CN2CCCC2)c1. The molecule has 0 saturated carbocycles. The van der Waals surface area contributed by atoms with Gasteiger partial charge in [0.1, 0.15) is 0 Å². The first-order valence-electron chi connectivity index (χ1n) is 5.16. The molecule has 2 rings (SSSR count). The monoisotopic (exact) mass is 185 g/mol. The van der Waals surface area contributed by atoms with Crippen LogP contribution in [-0.4, -0.2) is 18.0 Å². The molecular weight excluding hydrogens is 170 g/mol. The van der Waals surface area contributed by atoms with Crippen molar-refractivity contribution in [2.75, 3.05) is 13.1 Å². The molecule has 0 aliphatic carbocycles. The number of rotatable bonds is 2. The van der Waals surface area contributed by atoms with E-state index in [4.69, 9.17) is 6.42 Å². The van der Waals surface area contributed by atoms with Crippen molar-refractivity contribution in [3.8, 4) is 12.3 Å². The van der Waals surface area contributed by atoms with Crippen molar-refractivity contribution in [2.45, 2.75) is 19.4 Å². The Kier molecular flexibility index (Phi) is 2.86. The van der Waals surface area contributed by atoms with E-state index in [9.17, 15) is 0 Å². The Morgan fingerprint density at radius 1 is 1.29 bits per heavy atom. The molecule has 0 radical (unpaired) electrons. The minimum Gasteiger partial charge on any atom is -0.299 e. The molecule has 0 amide bonds. The standard InChI is InChI=1S/C13H15N/c1-2-12-6-5-7-13(10-12)11-14-8-3-4-9-14/h1,5-7,10H,3-4,8-9,11H2. The molecule has 1 aromatic rings. The Labute approximate surface area is 85.7 Å². The van der Waals surface area contributed by atoms with Crippen LogP contribution in [0.1, 0.15) is 24.0 Å². The molecule has 1 aliphatic rings. The van der Waals surface area contributed by atoms with E-state index < -0.39 is 0 Å². The van der Waals surface area contributed by atoms with Gasteiger partial charge in [-0.25, -0.2) is 0 Å². The van der Waals surface area contributed by atoms with E-state index in [1.807, 2.05) is 12.1 Å². The minimum absolute atomic E-state index is 0.988. The molecule has 0 spiro atoms. The van der Waals surface area contributed by atoms with Gasteiger partial charge in [0.15, 0.2) is 0 Å². The first kappa shape index (κ1) is 9.30. The molecule has 1 saturated heterocycles. The highest BCUT2D eigenvalue weighted by molar-refractivity contribution is 5.35. The van der Waals surface area contributed by atoms with Gasteiger partial charge in [-0.2, -0.15) is 0 Å². The molecule has 1 fully saturated rings. The van der Waals surface area contributed by atoms with Gasteiger partial charge in [0.2, 0.25) is 0 Å². The van der Waals surface area contributed by atoms with Crippen molar-refractivity contribution in [3.63, 3.8) is 0 Å². The van der Waals surface area contributed by atoms with Crippen molar-refractivity contribution < 1.29 is 0 Å². The summed E-state index contributed by atoms with van der Waals surface area (Å²) in [7, 11) is 0. The van der Waals surface area contributed by atoms with Crippen molar-refractivity contribution >= 4 is 0 Å². The van der Waals surface area contributed by atoms with Gasteiger partial charge >= 0.3 is 0 Å². The molecule has 1 nitrogen and oxygen atoms in total. The summed E-state index contributed by atoms with van der Waals surface area (Å²) in [5, 5.41) is 0. The van der Waals surface area contributed by atoms with Crippen LogP contribution in [0.15, 0.2) is 24.3 Å². The number of benzene rings is 1. The van der Waals surface area contributed by atoms with Gasteiger partial charge in [-0.05, 0) is 43.6 Å². The Morgan fingerprint density at radius 2 is 2.07 bits per heavy atom. The fourth-order valence-corrected chi connectivity index (χ4v) is 1.96. The van der Waals surface area contributed by atoms with E-state index in [2.05, 4.69) is 23.0 Å². The van der Waals surface area contributed by atoms with Gasteiger partial charge in [0, 0.05) is 12.1 Å². The first-order valence-corrected chi connectivity index (χ1v) is 5.16. The lowest BCUT2D eigenvalue weighted by molar-refractivity contribution is 0.331. The van der Waals surface area contributed by atoms with Crippen LogP contribution in [0.5, 0.6) is 0 Å². The summed E-state index contributed by atoms with van der Waals surface area (Å²) < 4.78 is 0. The van der Waals surface area contributed by atoms with Crippen LogP contribution in [0.25, 0.3) is 0 Å². The Hall–Kier alpha value is -1.26. The van der Waals surface area contributed by atoms with E-state index in [1.54, 1.807) is 0 Å². The van der Waals surface area contributed by atoms with Gasteiger partial charge < -0.3 is 0 Å². The molecule has 14 heavy (non-hydrogen) atoms. The molecule has 1 heteroatoms. The summed E-state index contributed by atoms with van der Waals surface area (Å²) in [5.41, 5.74) is 2.32. The Balaban J connectivity index is 2.05. The summed E-state index contributed by atoms with van der Waals surface area (Å²) in [4.78, 5) is 2.48. The lowest BCUT2D eigenvalue weighted by atomic mass is 10.1. The van der Waals surface area contributed by atoms with E-state index in [0.717, 1.165) is 12.1 Å². The molecule has 0 aromatic heterocycles. The molecule has 1 aromatic carbocycles. The van der Waals surface area contributed by atoms with Crippen molar-refractivity contribution in [3.05, 3.63) is 35.4 Å². The molecule has 0 bridgehead atoms. The largest absolute Gasteiger partial charge is 0.299 e. The van der Waals surface area contributed by atoms with Gasteiger partial charge in [0.25, 0.3) is 0 Å². The minimum atomic E-state index is 0.988. The van der Waals surface area contributed by atoms with E-state index in [0.29, 0.717) is 0 Å². The summed E-state index contributed by atoms with van der Waals surface area (Å²) in [6.45, 7) is 3.52. The predicted molar refractivity (Wildman–Crippen MR) is 58.9 cm³/mol. The summed E-state index contributed by atoms with van der Waals surface area (Å²) in [6, 6.07) is 8.28. The zero-order chi connectivity index (χ0) is 9.80. The normalized spacial score (nSPS) is 16.8. The maximum Gasteiger partial charge on any atom is 0.0245 e. The van der Waals surface area contributed by atoms with Crippen LogP contribution >= 0.6 is 0 Å². The van der Waals surface area contributed by atoms with Crippen LogP contribution in [-0.2, 0) is 6.54 Å². The number of hydrogen-bond donors (Lipinski definition) is 0. The zero-order valence-electron chi connectivity index (χ0n) is 8.37. The summed E-state index contributed by atoms with van der Waals surface area (Å²) in [6.07, 6.45) is 8.05. The molecule has 0 N–H and O–H groups in total. The van der Waals surface area contributed by atoms with E-state index in [1.165, 1.54) is 31.5 Å². The van der Waals surface area contributed by atoms with Gasteiger partial charge in [-0.3, -0.25) is 4.90 Å². The second kappa shape index (κ2) is 4.30. The molecular formula is C13H15N. The van der Waals surface area contributed by atoms with Crippen molar-refractivity contribution in [1.82, 2.24) is 4.90 Å². The van der Waals surface area contributed by atoms with Crippen molar-refractivity contribution in [2.24, 2.45) is 0 Å². The number of nitrogens with zero attached hydrogens (tertiary/aromatic N) is 1. The molecule has 0 unspecified atom stereocenters. The molecule has 0 atom stereocenters. The quantitative estimate of drug-likeness (QED) is 0.639.